The van der Waals surface area contributed by atoms with Crippen LogP contribution in [0.5, 0.6) is 0 Å². The summed E-state index contributed by atoms with van der Waals surface area (Å²) in [6, 6.07) is 0.0157. The van der Waals surface area contributed by atoms with Crippen LogP contribution in [-0.4, -0.2) is 30.0 Å². The Hall–Kier alpha value is -0.290. The number of rotatable bonds is 5. The number of hydrogen-bond donors (Lipinski definition) is 2. The Kier molecular flexibility index (Phi) is 5.32. The van der Waals surface area contributed by atoms with Gasteiger partial charge in [0.2, 0.25) is 0 Å². The molecule has 0 heterocycles. The van der Waals surface area contributed by atoms with Crippen LogP contribution in [0, 0.1) is 0 Å². The first kappa shape index (κ1) is 12.7. The van der Waals surface area contributed by atoms with Gasteiger partial charge in [-0.2, -0.15) is 13.2 Å². The molecule has 0 aromatic rings. The third-order valence-corrected chi connectivity index (χ3v) is 1.76. The molecule has 0 fully saturated rings. The van der Waals surface area contributed by atoms with Crippen molar-refractivity contribution >= 4 is 0 Å². The summed E-state index contributed by atoms with van der Waals surface area (Å²) in [5.41, 5.74) is 0. The molecule has 0 radical (unpaired) electrons. The van der Waals surface area contributed by atoms with Crippen molar-refractivity contribution in [2.24, 2.45) is 0 Å². The predicted octanol–water partition coefficient (Wildman–Crippen LogP) is 1.69. The molecule has 0 saturated heterocycles. The standard InChI is InChI=1S/C8H16F3NO/c1-3-4-6(2)12-5-7(13)8(9,10)11/h6-7,12-13H,3-5H2,1-2H3. The highest BCUT2D eigenvalue weighted by molar-refractivity contribution is 4.70. The van der Waals surface area contributed by atoms with Gasteiger partial charge in [0.1, 0.15) is 0 Å². The number of alkyl halides is 3. The molecule has 0 bridgehead atoms. The van der Waals surface area contributed by atoms with Crippen molar-refractivity contribution < 1.29 is 18.3 Å². The zero-order valence-electron chi connectivity index (χ0n) is 7.86. The topological polar surface area (TPSA) is 32.3 Å². The summed E-state index contributed by atoms with van der Waals surface area (Å²) >= 11 is 0. The first-order chi connectivity index (χ1) is 5.88. The van der Waals surface area contributed by atoms with Crippen LogP contribution < -0.4 is 5.32 Å². The molecule has 2 atom stereocenters. The van der Waals surface area contributed by atoms with E-state index in [0.29, 0.717) is 0 Å². The molecule has 0 aromatic carbocycles. The van der Waals surface area contributed by atoms with Crippen LogP contribution in [0.2, 0.25) is 0 Å². The first-order valence-corrected chi connectivity index (χ1v) is 4.36. The summed E-state index contributed by atoms with van der Waals surface area (Å²) in [5.74, 6) is 0. The molecule has 0 amide bonds. The summed E-state index contributed by atoms with van der Waals surface area (Å²) in [4.78, 5) is 0. The van der Waals surface area contributed by atoms with Crippen LogP contribution in [0.4, 0.5) is 13.2 Å². The summed E-state index contributed by atoms with van der Waals surface area (Å²) in [5, 5.41) is 11.2. The van der Waals surface area contributed by atoms with Crippen molar-refractivity contribution in [3.63, 3.8) is 0 Å². The molecule has 0 aliphatic rings. The summed E-state index contributed by atoms with van der Waals surface area (Å²) in [7, 11) is 0. The van der Waals surface area contributed by atoms with E-state index < -0.39 is 18.8 Å². The first-order valence-electron chi connectivity index (χ1n) is 4.36. The molecule has 0 rings (SSSR count). The molecule has 0 aliphatic heterocycles. The van der Waals surface area contributed by atoms with Gasteiger partial charge in [-0.3, -0.25) is 0 Å². The van der Waals surface area contributed by atoms with Crippen LogP contribution in [0.1, 0.15) is 26.7 Å². The Morgan fingerprint density at radius 2 is 1.92 bits per heavy atom. The van der Waals surface area contributed by atoms with E-state index in [0.717, 1.165) is 12.8 Å². The highest BCUT2D eigenvalue weighted by Crippen LogP contribution is 2.19. The summed E-state index contributed by atoms with van der Waals surface area (Å²) in [6.07, 6.45) is -5.05. The smallest absolute Gasteiger partial charge is 0.382 e. The van der Waals surface area contributed by atoms with Gasteiger partial charge in [0.25, 0.3) is 0 Å². The number of aliphatic hydroxyl groups excluding tert-OH is 1. The van der Waals surface area contributed by atoms with E-state index >= 15 is 0 Å². The number of aliphatic hydroxyl groups is 1. The molecule has 80 valence electrons. The van der Waals surface area contributed by atoms with Gasteiger partial charge in [0, 0.05) is 12.6 Å². The normalized spacial score (nSPS) is 17.1. The second-order valence-electron chi connectivity index (χ2n) is 3.16. The maximum atomic E-state index is 11.8. The number of nitrogens with one attached hydrogen (secondary N) is 1. The highest BCUT2D eigenvalue weighted by atomic mass is 19.4. The Bertz CT molecular complexity index is 138. The van der Waals surface area contributed by atoms with Gasteiger partial charge in [0.15, 0.2) is 6.10 Å². The number of hydrogen-bond acceptors (Lipinski definition) is 2. The predicted molar refractivity (Wildman–Crippen MR) is 44.4 cm³/mol. The molecule has 0 spiro atoms. The minimum Gasteiger partial charge on any atom is -0.382 e. The Labute approximate surface area is 76.1 Å². The summed E-state index contributed by atoms with van der Waals surface area (Å²) < 4.78 is 35.4. The van der Waals surface area contributed by atoms with Crippen molar-refractivity contribution in [1.82, 2.24) is 5.32 Å². The maximum absolute atomic E-state index is 11.8. The van der Waals surface area contributed by atoms with Crippen LogP contribution in [0.3, 0.4) is 0 Å². The zero-order chi connectivity index (χ0) is 10.5. The molecular formula is C8H16F3NO. The van der Waals surface area contributed by atoms with E-state index in [2.05, 4.69) is 5.32 Å². The summed E-state index contributed by atoms with van der Waals surface area (Å²) in [6.45, 7) is 3.33. The fraction of sp³-hybridized carbons (Fsp3) is 1.00. The van der Waals surface area contributed by atoms with Gasteiger partial charge in [-0.05, 0) is 13.3 Å². The van der Waals surface area contributed by atoms with E-state index in [9.17, 15) is 13.2 Å². The van der Waals surface area contributed by atoms with Gasteiger partial charge in [-0.1, -0.05) is 13.3 Å². The quantitative estimate of drug-likeness (QED) is 0.706. The largest absolute Gasteiger partial charge is 0.415 e. The lowest BCUT2D eigenvalue weighted by Gasteiger charge is -2.18. The van der Waals surface area contributed by atoms with Crippen LogP contribution in [-0.2, 0) is 0 Å². The van der Waals surface area contributed by atoms with Gasteiger partial charge in [-0.15, -0.1) is 0 Å². The molecule has 0 saturated carbocycles. The number of halogens is 3. The second-order valence-corrected chi connectivity index (χ2v) is 3.16. The Morgan fingerprint density at radius 3 is 2.31 bits per heavy atom. The Morgan fingerprint density at radius 1 is 1.38 bits per heavy atom. The SMILES string of the molecule is CCCC(C)NCC(O)C(F)(F)F. The van der Waals surface area contributed by atoms with Gasteiger partial charge >= 0.3 is 6.18 Å². The minimum absolute atomic E-state index is 0.0157. The molecule has 2 nitrogen and oxygen atoms in total. The van der Waals surface area contributed by atoms with E-state index in [1.54, 1.807) is 6.92 Å². The van der Waals surface area contributed by atoms with Crippen LogP contribution in [0.25, 0.3) is 0 Å². The van der Waals surface area contributed by atoms with E-state index in [1.165, 1.54) is 0 Å². The van der Waals surface area contributed by atoms with Gasteiger partial charge < -0.3 is 10.4 Å². The molecule has 2 N–H and O–H groups in total. The lowest BCUT2D eigenvalue weighted by atomic mass is 10.2. The molecule has 0 aliphatic carbocycles. The van der Waals surface area contributed by atoms with Crippen LogP contribution in [0.15, 0.2) is 0 Å². The fourth-order valence-corrected chi connectivity index (χ4v) is 0.964. The van der Waals surface area contributed by atoms with E-state index in [1.807, 2.05) is 6.92 Å². The molecule has 13 heavy (non-hydrogen) atoms. The lowest BCUT2D eigenvalue weighted by molar-refractivity contribution is -0.202. The van der Waals surface area contributed by atoms with Crippen molar-refractivity contribution in [3.05, 3.63) is 0 Å². The molecule has 2 unspecified atom stereocenters. The molecule has 5 heteroatoms. The van der Waals surface area contributed by atoms with E-state index in [-0.39, 0.29) is 6.04 Å². The highest BCUT2D eigenvalue weighted by Gasteiger charge is 2.37. The average molecular weight is 199 g/mol. The average Bonchev–Trinajstić information content (AvgIpc) is 1.99. The minimum atomic E-state index is -4.51. The monoisotopic (exact) mass is 199 g/mol. The molecular weight excluding hydrogens is 183 g/mol. The van der Waals surface area contributed by atoms with Gasteiger partial charge in [0.05, 0.1) is 0 Å². The second kappa shape index (κ2) is 5.44. The Balaban J connectivity index is 3.63. The third-order valence-electron chi connectivity index (χ3n) is 1.76. The fourth-order valence-electron chi connectivity index (χ4n) is 0.964. The van der Waals surface area contributed by atoms with Crippen LogP contribution >= 0.6 is 0 Å². The van der Waals surface area contributed by atoms with Gasteiger partial charge in [-0.25, -0.2) is 0 Å². The van der Waals surface area contributed by atoms with Crippen molar-refractivity contribution in [2.75, 3.05) is 6.54 Å². The van der Waals surface area contributed by atoms with Crippen molar-refractivity contribution in [2.45, 2.75) is 45.0 Å². The van der Waals surface area contributed by atoms with Crippen molar-refractivity contribution in [1.29, 1.82) is 0 Å². The third kappa shape index (κ3) is 5.87. The van der Waals surface area contributed by atoms with Crippen molar-refractivity contribution in [3.8, 4) is 0 Å². The van der Waals surface area contributed by atoms with E-state index in [4.69, 9.17) is 5.11 Å². The lowest BCUT2D eigenvalue weighted by Crippen LogP contribution is -2.41. The zero-order valence-corrected chi connectivity index (χ0v) is 7.86. The molecule has 0 aromatic heterocycles. The maximum Gasteiger partial charge on any atom is 0.415 e.